The Kier molecular flexibility index (Phi) is 7.83. The molecule has 4 nitrogen and oxygen atoms in total. The highest BCUT2D eigenvalue weighted by Crippen LogP contribution is 2.47. The van der Waals surface area contributed by atoms with Crippen LogP contribution in [0.2, 0.25) is 0 Å². The van der Waals surface area contributed by atoms with Crippen LogP contribution in [0.15, 0.2) is 35.9 Å². The van der Waals surface area contributed by atoms with Gasteiger partial charge in [0.05, 0.1) is 0 Å². The van der Waals surface area contributed by atoms with Crippen molar-refractivity contribution in [2.45, 2.75) is 65.2 Å². The SMILES string of the molecule is C=C(C)C1CCC(C)=C[C@H]1c1c(OC=O)cc(CCCCC)cc1OC=O. The monoisotopic (exact) mass is 370 g/mol. The van der Waals surface area contributed by atoms with E-state index in [9.17, 15) is 9.59 Å². The first-order chi connectivity index (χ1) is 13.0. The van der Waals surface area contributed by atoms with Crippen molar-refractivity contribution < 1.29 is 19.1 Å². The highest BCUT2D eigenvalue weighted by atomic mass is 16.5. The molecule has 0 N–H and O–H groups in total. The zero-order valence-electron chi connectivity index (χ0n) is 16.6. The van der Waals surface area contributed by atoms with Crippen molar-refractivity contribution in [3.8, 4) is 11.5 Å². The van der Waals surface area contributed by atoms with Crippen molar-refractivity contribution in [1.29, 1.82) is 0 Å². The Bertz CT molecular complexity index is 686. The van der Waals surface area contributed by atoms with E-state index >= 15 is 0 Å². The van der Waals surface area contributed by atoms with Crippen LogP contribution in [-0.2, 0) is 16.0 Å². The van der Waals surface area contributed by atoms with E-state index in [4.69, 9.17) is 9.47 Å². The number of carbonyl (C=O) groups excluding carboxylic acids is 2. The van der Waals surface area contributed by atoms with Crippen LogP contribution in [0.1, 0.15) is 69.9 Å². The third-order valence-electron chi connectivity index (χ3n) is 5.30. The Morgan fingerprint density at radius 2 is 1.81 bits per heavy atom. The lowest BCUT2D eigenvalue weighted by atomic mass is 9.73. The van der Waals surface area contributed by atoms with E-state index in [-0.39, 0.29) is 11.8 Å². The molecule has 1 aromatic carbocycles. The van der Waals surface area contributed by atoms with E-state index in [0.717, 1.165) is 55.2 Å². The molecular weight excluding hydrogens is 340 g/mol. The van der Waals surface area contributed by atoms with Gasteiger partial charge in [-0.25, -0.2) is 0 Å². The minimum atomic E-state index is -0.0363. The average molecular weight is 370 g/mol. The number of unbranched alkanes of at least 4 members (excludes halogenated alkanes) is 2. The number of allylic oxidation sites excluding steroid dienone is 3. The number of hydrogen-bond acceptors (Lipinski definition) is 4. The lowest BCUT2D eigenvalue weighted by molar-refractivity contribution is -0.121. The lowest BCUT2D eigenvalue weighted by Crippen LogP contribution is -2.19. The summed E-state index contributed by atoms with van der Waals surface area (Å²) in [5.74, 6) is 1.12. The van der Waals surface area contributed by atoms with E-state index in [0.29, 0.717) is 24.4 Å². The van der Waals surface area contributed by atoms with Gasteiger partial charge in [0.1, 0.15) is 11.5 Å². The fourth-order valence-electron chi connectivity index (χ4n) is 3.91. The van der Waals surface area contributed by atoms with Gasteiger partial charge < -0.3 is 9.47 Å². The molecule has 0 spiro atoms. The molecule has 0 saturated heterocycles. The summed E-state index contributed by atoms with van der Waals surface area (Å²) in [4.78, 5) is 22.3. The number of carbonyl (C=O) groups is 2. The predicted molar refractivity (Wildman–Crippen MR) is 107 cm³/mol. The Morgan fingerprint density at radius 3 is 2.33 bits per heavy atom. The van der Waals surface area contributed by atoms with E-state index in [1.54, 1.807) is 0 Å². The normalized spacial score (nSPS) is 19.1. The number of benzene rings is 1. The van der Waals surface area contributed by atoms with Crippen LogP contribution in [0.25, 0.3) is 0 Å². The third kappa shape index (κ3) is 5.31. The van der Waals surface area contributed by atoms with Crippen LogP contribution in [0.4, 0.5) is 0 Å². The molecule has 27 heavy (non-hydrogen) atoms. The summed E-state index contributed by atoms with van der Waals surface area (Å²) < 4.78 is 10.7. The average Bonchev–Trinajstić information content (AvgIpc) is 2.62. The number of hydrogen-bond donors (Lipinski definition) is 0. The molecule has 0 saturated carbocycles. The first kappa shape index (κ1) is 20.9. The Hall–Kier alpha value is -2.36. The summed E-state index contributed by atoms with van der Waals surface area (Å²) in [6.07, 6.45) is 8.30. The van der Waals surface area contributed by atoms with Gasteiger partial charge in [0.2, 0.25) is 0 Å². The zero-order chi connectivity index (χ0) is 19.8. The van der Waals surface area contributed by atoms with Crippen LogP contribution >= 0.6 is 0 Å². The van der Waals surface area contributed by atoms with E-state index < -0.39 is 0 Å². The van der Waals surface area contributed by atoms with Gasteiger partial charge in [-0.2, -0.15) is 0 Å². The molecule has 0 amide bonds. The second kappa shape index (κ2) is 10.1. The summed E-state index contributed by atoms with van der Waals surface area (Å²) >= 11 is 0. The molecule has 2 rings (SSSR count). The maximum Gasteiger partial charge on any atom is 0.298 e. The maximum absolute atomic E-state index is 11.2. The predicted octanol–water partition coefficient (Wildman–Crippen LogP) is 5.51. The summed E-state index contributed by atoms with van der Waals surface area (Å²) in [6, 6.07) is 3.81. The van der Waals surface area contributed by atoms with Gasteiger partial charge in [-0.1, -0.05) is 43.6 Å². The van der Waals surface area contributed by atoms with Gasteiger partial charge >= 0.3 is 0 Å². The summed E-state index contributed by atoms with van der Waals surface area (Å²) in [5, 5.41) is 0. The third-order valence-corrected chi connectivity index (χ3v) is 5.30. The smallest absolute Gasteiger partial charge is 0.298 e. The van der Waals surface area contributed by atoms with Crippen molar-refractivity contribution in [2.24, 2.45) is 5.92 Å². The van der Waals surface area contributed by atoms with Crippen LogP contribution < -0.4 is 9.47 Å². The van der Waals surface area contributed by atoms with Gasteiger partial charge in [-0.3, -0.25) is 9.59 Å². The van der Waals surface area contributed by atoms with Gasteiger partial charge in [0, 0.05) is 11.5 Å². The van der Waals surface area contributed by atoms with Crippen molar-refractivity contribution in [1.82, 2.24) is 0 Å². The minimum Gasteiger partial charge on any atom is -0.428 e. The highest BCUT2D eigenvalue weighted by molar-refractivity contribution is 5.60. The molecule has 0 fully saturated rings. The Labute approximate surface area is 162 Å². The molecule has 1 unspecified atom stereocenters. The van der Waals surface area contributed by atoms with Crippen molar-refractivity contribution in [3.63, 3.8) is 0 Å². The molecule has 2 atom stereocenters. The van der Waals surface area contributed by atoms with Gasteiger partial charge in [0.25, 0.3) is 12.9 Å². The van der Waals surface area contributed by atoms with Crippen molar-refractivity contribution in [3.05, 3.63) is 47.1 Å². The number of aryl methyl sites for hydroxylation is 1. The molecule has 4 heteroatoms. The highest BCUT2D eigenvalue weighted by Gasteiger charge is 2.31. The van der Waals surface area contributed by atoms with Gasteiger partial charge in [-0.05, 0) is 63.1 Å². The molecule has 1 aliphatic carbocycles. The summed E-state index contributed by atoms with van der Waals surface area (Å²) in [5.41, 5.74) is 4.10. The molecule has 0 aliphatic heterocycles. The van der Waals surface area contributed by atoms with Crippen molar-refractivity contribution in [2.75, 3.05) is 0 Å². The quantitative estimate of drug-likeness (QED) is 0.310. The second-order valence-electron chi connectivity index (χ2n) is 7.42. The summed E-state index contributed by atoms with van der Waals surface area (Å²) in [6.45, 7) is 11.3. The van der Waals surface area contributed by atoms with E-state index in [2.05, 4.69) is 26.5 Å². The van der Waals surface area contributed by atoms with E-state index in [1.807, 2.05) is 19.1 Å². The van der Waals surface area contributed by atoms with Crippen LogP contribution in [0.3, 0.4) is 0 Å². The van der Waals surface area contributed by atoms with Crippen LogP contribution in [-0.4, -0.2) is 12.9 Å². The summed E-state index contributed by atoms with van der Waals surface area (Å²) in [7, 11) is 0. The molecular formula is C23H30O4. The minimum absolute atomic E-state index is 0.0363. The van der Waals surface area contributed by atoms with Crippen LogP contribution in [0.5, 0.6) is 11.5 Å². The second-order valence-corrected chi connectivity index (χ2v) is 7.42. The first-order valence-corrected chi connectivity index (χ1v) is 9.71. The number of rotatable bonds is 10. The lowest BCUT2D eigenvalue weighted by Gasteiger charge is -2.32. The van der Waals surface area contributed by atoms with Crippen molar-refractivity contribution >= 4 is 12.9 Å². The van der Waals surface area contributed by atoms with Crippen LogP contribution in [0, 0.1) is 5.92 Å². The molecule has 1 aromatic rings. The zero-order valence-corrected chi connectivity index (χ0v) is 16.6. The Morgan fingerprint density at radius 1 is 1.19 bits per heavy atom. The van der Waals surface area contributed by atoms with Gasteiger partial charge in [-0.15, -0.1) is 0 Å². The fourth-order valence-corrected chi connectivity index (χ4v) is 3.91. The molecule has 0 heterocycles. The maximum atomic E-state index is 11.2. The molecule has 0 bridgehead atoms. The fraction of sp³-hybridized carbons (Fsp3) is 0.478. The standard InChI is InChI=1S/C23H30O4/c1-5-6-7-8-18-12-21(26-14-24)23(22(13-18)27-15-25)20-11-17(4)9-10-19(20)16(2)3/h11-15,19-20H,2,5-10H2,1,3-4H3/t19?,20-/m1/s1. The molecule has 0 radical (unpaired) electrons. The first-order valence-electron chi connectivity index (χ1n) is 9.71. The molecule has 1 aliphatic rings. The molecule has 146 valence electrons. The topological polar surface area (TPSA) is 52.6 Å². The van der Waals surface area contributed by atoms with E-state index in [1.165, 1.54) is 5.57 Å². The van der Waals surface area contributed by atoms with Gasteiger partial charge in [0.15, 0.2) is 0 Å². The number of ether oxygens (including phenoxy) is 2. The largest absolute Gasteiger partial charge is 0.428 e. The molecule has 0 aromatic heterocycles. The Balaban J connectivity index is 2.56.